The van der Waals surface area contributed by atoms with E-state index < -0.39 is 11.5 Å². The number of carbonyl (C=O) groups is 3. The molecule has 1 saturated heterocycles. The van der Waals surface area contributed by atoms with Crippen molar-refractivity contribution in [2.45, 2.75) is 32.6 Å². The third-order valence-corrected chi connectivity index (χ3v) is 8.76. The first-order valence-corrected chi connectivity index (χ1v) is 15.2. The van der Waals surface area contributed by atoms with Gasteiger partial charge < -0.3 is 24.0 Å². The fourth-order valence-corrected chi connectivity index (χ4v) is 5.66. The van der Waals surface area contributed by atoms with Gasteiger partial charge in [0.1, 0.15) is 11.5 Å². The number of ether oxygens (including phenoxy) is 3. The van der Waals surface area contributed by atoms with E-state index in [4.69, 9.17) is 14.2 Å². The molecule has 0 spiro atoms. The SMILES string of the molecule is COc1cc2c(Oc3ccc(CC(=O)C4(C(=O)Cc5ccc(C)cc5)CC4)cc3)ccnc2cc1OC(=O)N1CCN(C)CC1. The van der Waals surface area contributed by atoms with E-state index in [-0.39, 0.29) is 24.4 Å². The molecule has 9 nitrogen and oxygen atoms in total. The van der Waals surface area contributed by atoms with Crippen LogP contribution in [0.2, 0.25) is 0 Å². The summed E-state index contributed by atoms with van der Waals surface area (Å²) >= 11 is 0. The molecule has 0 N–H and O–H groups in total. The van der Waals surface area contributed by atoms with Gasteiger partial charge in [0, 0.05) is 56.7 Å². The highest BCUT2D eigenvalue weighted by Gasteiger charge is 2.54. The van der Waals surface area contributed by atoms with Crippen LogP contribution in [0.3, 0.4) is 0 Å². The Morgan fingerprint density at radius 1 is 0.800 bits per heavy atom. The molecule has 1 aliphatic carbocycles. The number of aromatic nitrogens is 1. The highest BCUT2D eigenvalue weighted by molar-refractivity contribution is 6.11. The van der Waals surface area contributed by atoms with Crippen molar-refractivity contribution in [1.82, 2.24) is 14.8 Å². The molecule has 2 fully saturated rings. The third kappa shape index (κ3) is 6.68. The van der Waals surface area contributed by atoms with E-state index in [1.807, 2.05) is 62.5 Å². The van der Waals surface area contributed by atoms with Crippen molar-refractivity contribution in [3.05, 3.63) is 89.6 Å². The Morgan fingerprint density at radius 2 is 1.42 bits per heavy atom. The lowest BCUT2D eigenvalue weighted by Gasteiger charge is -2.31. The van der Waals surface area contributed by atoms with Gasteiger partial charge >= 0.3 is 6.09 Å². The number of nitrogens with zero attached hydrogens (tertiary/aromatic N) is 3. The summed E-state index contributed by atoms with van der Waals surface area (Å²) < 4.78 is 17.5. The van der Waals surface area contributed by atoms with Crippen LogP contribution in [-0.4, -0.2) is 72.8 Å². The molecule has 4 aromatic rings. The third-order valence-electron chi connectivity index (χ3n) is 8.76. The molecule has 0 radical (unpaired) electrons. The Hall–Kier alpha value is -4.76. The van der Waals surface area contributed by atoms with E-state index in [9.17, 15) is 14.4 Å². The quantitative estimate of drug-likeness (QED) is 0.209. The molecule has 45 heavy (non-hydrogen) atoms. The average molecular weight is 608 g/mol. The monoisotopic (exact) mass is 607 g/mol. The second-order valence-corrected chi connectivity index (χ2v) is 12.0. The van der Waals surface area contributed by atoms with Crippen molar-refractivity contribution < 1.29 is 28.6 Å². The van der Waals surface area contributed by atoms with Crippen molar-refractivity contribution in [3.8, 4) is 23.0 Å². The van der Waals surface area contributed by atoms with E-state index >= 15 is 0 Å². The maximum atomic E-state index is 13.3. The number of fused-ring (bicyclic) bond motifs is 1. The number of likely N-dealkylation sites (N-methyl/N-ethyl adjacent to an activating group) is 1. The van der Waals surface area contributed by atoms with Crippen LogP contribution in [0.25, 0.3) is 10.9 Å². The summed E-state index contributed by atoms with van der Waals surface area (Å²) in [7, 11) is 3.55. The predicted molar refractivity (Wildman–Crippen MR) is 170 cm³/mol. The van der Waals surface area contributed by atoms with Gasteiger partial charge in [0.15, 0.2) is 23.1 Å². The molecule has 6 rings (SSSR count). The molecule has 232 valence electrons. The number of amides is 1. The van der Waals surface area contributed by atoms with Gasteiger partial charge in [-0.25, -0.2) is 4.79 Å². The van der Waals surface area contributed by atoms with E-state index in [2.05, 4.69) is 9.88 Å². The number of rotatable bonds is 10. The number of methoxy groups -OCH3 is 1. The first-order chi connectivity index (χ1) is 21.7. The number of hydrogen-bond donors (Lipinski definition) is 0. The maximum absolute atomic E-state index is 13.3. The van der Waals surface area contributed by atoms with E-state index in [1.165, 1.54) is 7.11 Å². The minimum absolute atomic E-state index is 0.00792. The molecule has 2 aliphatic rings. The molecule has 1 aliphatic heterocycles. The summed E-state index contributed by atoms with van der Waals surface area (Å²) in [4.78, 5) is 47.5. The fraction of sp³-hybridized carbons (Fsp3) is 0.333. The van der Waals surface area contributed by atoms with Crippen LogP contribution in [-0.2, 0) is 22.4 Å². The van der Waals surface area contributed by atoms with Crippen molar-refractivity contribution in [1.29, 1.82) is 0 Å². The minimum atomic E-state index is -0.854. The molecule has 3 aromatic carbocycles. The Bertz CT molecular complexity index is 1720. The van der Waals surface area contributed by atoms with E-state index in [1.54, 1.807) is 29.3 Å². The second-order valence-electron chi connectivity index (χ2n) is 12.0. The highest BCUT2D eigenvalue weighted by Crippen LogP contribution is 2.49. The summed E-state index contributed by atoms with van der Waals surface area (Å²) in [6.45, 7) is 4.79. The van der Waals surface area contributed by atoms with Crippen LogP contribution in [0.15, 0.2) is 72.9 Å². The maximum Gasteiger partial charge on any atom is 0.415 e. The summed E-state index contributed by atoms with van der Waals surface area (Å²) in [5, 5.41) is 0.691. The zero-order valence-corrected chi connectivity index (χ0v) is 25.9. The van der Waals surface area contributed by atoms with Crippen molar-refractivity contribution >= 4 is 28.6 Å². The molecule has 0 bridgehead atoms. The van der Waals surface area contributed by atoms with Gasteiger partial charge in [0.2, 0.25) is 0 Å². The second kappa shape index (κ2) is 12.7. The Labute approximate surface area is 262 Å². The van der Waals surface area contributed by atoms with Crippen molar-refractivity contribution in [3.63, 3.8) is 0 Å². The summed E-state index contributed by atoms with van der Waals surface area (Å²) in [6, 6.07) is 20.4. The Balaban J connectivity index is 1.12. The van der Waals surface area contributed by atoms with Crippen LogP contribution in [0, 0.1) is 12.3 Å². The van der Waals surface area contributed by atoms with Gasteiger partial charge in [-0.05, 0) is 62.2 Å². The van der Waals surface area contributed by atoms with Crippen molar-refractivity contribution in [2.75, 3.05) is 40.3 Å². The number of hydrogen-bond acceptors (Lipinski definition) is 8. The largest absolute Gasteiger partial charge is 0.493 e. The van der Waals surface area contributed by atoms with Crippen LogP contribution < -0.4 is 14.2 Å². The molecule has 1 amide bonds. The van der Waals surface area contributed by atoms with Crippen LogP contribution >= 0.6 is 0 Å². The summed E-state index contributed by atoms with van der Waals surface area (Å²) in [5.41, 5.74) is 2.64. The van der Waals surface area contributed by atoms with Gasteiger partial charge in [-0.15, -0.1) is 0 Å². The average Bonchev–Trinajstić information content (AvgIpc) is 3.86. The van der Waals surface area contributed by atoms with Crippen LogP contribution in [0.1, 0.15) is 29.5 Å². The molecule has 2 heterocycles. The lowest BCUT2D eigenvalue weighted by molar-refractivity contribution is -0.133. The van der Waals surface area contributed by atoms with E-state index in [0.717, 1.165) is 29.8 Å². The van der Waals surface area contributed by atoms with Gasteiger partial charge in [-0.2, -0.15) is 0 Å². The topological polar surface area (TPSA) is 98.3 Å². The highest BCUT2D eigenvalue weighted by atomic mass is 16.6. The summed E-state index contributed by atoms with van der Waals surface area (Å²) in [6.07, 6.45) is 2.93. The molecule has 9 heteroatoms. The zero-order chi connectivity index (χ0) is 31.6. The number of aryl methyl sites for hydroxylation is 1. The molecule has 1 aromatic heterocycles. The molecule has 1 saturated carbocycles. The first-order valence-electron chi connectivity index (χ1n) is 15.2. The smallest absolute Gasteiger partial charge is 0.415 e. The van der Waals surface area contributed by atoms with Crippen molar-refractivity contribution in [2.24, 2.45) is 5.41 Å². The molecule has 0 atom stereocenters. The molecular formula is C36H37N3O6. The number of Topliss-reactive ketones (excluding diaryl/α,β-unsaturated/α-hetero) is 2. The molecule has 0 unspecified atom stereocenters. The van der Waals surface area contributed by atoms with Gasteiger partial charge in [0.25, 0.3) is 0 Å². The van der Waals surface area contributed by atoms with Crippen LogP contribution in [0.4, 0.5) is 4.79 Å². The normalized spacial score (nSPS) is 15.8. The van der Waals surface area contributed by atoms with E-state index in [0.29, 0.717) is 59.8 Å². The fourth-order valence-electron chi connectivity index (χ4n) is 5.66. The lowest BCUT2D eigenvalue weighted by atomic mass is 9.88. The molecular weight excluding hydrogens is 570 g/mol. The summed E-state index contributed by atoms with van der Waals surface area (Å²) in [5.74, 6) is 1.80. The Kier molecular flexibility index (Phi) is 8.54. The first kappa shape index (κ1) is 30.3. The van der Waals surface area contributed by atoms with Gasteiger partial charge in [0.05, 0.1) is 18.0 Å². The zero-order valence-electron chi connectivity index (χ0n) is 25.9. The minimum Gasteiger partial charge on any atom is -0.493 e. The number of piperazine rings is 1. The number of carbonyl (C=O) groups excluding carboxylic acids is 3. The van der Waals surface area contributed by atoms with Gasteiger partial charge in [-0.3, -0.25) is 14.6 Å². The predicted octanol–water partition coefficient (Wildman–Crippen LogP) is 5.79. The number of pyridine rings is 1. The number of ketones is 2. The number of benzene rings is 3. The van der Waals surface area contributed by atoms with Gasteiger partial charge in [-0.1, -0.05) is 42.0 Å². The Morgan fingerprint density at radius 3 is 2.02 bits per heavy atom. The van der Waals surface area contributed by atoms with Crippen LogP contribution in [0.5, 0.6) is 23.0 Å². The standard InChI is InChI=1S/C36H37N3O6/c1-24-4-6-25(7-5-24)20-33(40)36(13-14-36)34(41)21-26-8-10-27(11-9-26)44-30-12-15-37-29-23-32(31(43-3)22-28(29)30)45-35(42)39-18-16-38(2)17-19-39/h4-12,15,22-23H,13-14,16-21H2,1-3H3. The lowest BCUT2D eigenvalue weighted by Crippen LogP contribution is -2.48.